The number of hydrogen-bond acceptors (Lipinski definition) is 3. The highest BCUT2D eigenvalue weighted by atomic mass is 32.1. The molecule has 2 heterocycles. The SMILES string of the molecule is CCc1ccc(CN2CCNCC2CC)s1. The fourth-order valence-electron chi connectivity index (χ4n) is 2.31. The molecule has 1 aliphatic rings. The van der Waals surface area contributed by atoms with Crippen molar-refractivity contribution in [3.63, 3.8) is 0 Å². The Hall–Kier alpha value is -0.380. The largest absolute Gasteiger partial charge is 0.314 e. The van der Waals surface area contributed by atoms with E-state index in [9.17, 15) is 0 Å². The topological polar surface area (TPSA) is 15.3 Å². The van der Waals surface area contributed by atoms with Crippen LogP contribution in [0, 0.1) is 0 Å². The van der Waals surface area contributed by atoms with Crippen molar-refractivity contribution in [1.29, 1.82) is 0 Å². The summed E-state index contributed by atoms with van der Waals surface area (Å²) in [7, 11) is 0. The van der Waals surface area contributed by atoms with Gasteiger partial charge in [-0.3, -0.25) is 4.90 Å². The Bertz CT molecular complexity index is 321. The fraction of sp³-hybridized carbons (Fsp3) is 0.692. The van der Waals surface area contributed by atoms with Crippen LogP contribution in [0.25, 0.3) is 0 Å². The van der Waals surface area contributed by atoms with E-state index in [1.807, 2.05) is 11.3 Å². The van der Waals surface area contributed by atoms with E-state index >= 15 is 0 Å². The predicted molar refractivity (Wildman–Crippen MR) is 71.1 cm³/mol. The molecule has 1 N–H and O–H groups in total. The van der Waals surface area contributed by atoms with E-state index in [-0.39, 0.29) is 0 Å². The van der Waals surface area contributed by atoms with Gasteiger partial charge in [0, 0.05) is 42.0 Å². The smallest absolute Gasteiger partial charge is 0.0332 e. The monoisotopic (exact) mass is 238 g/mol. The molecule has 0 radical (unpaired) electrons. The molecule has 2 rings (SSSR count). The molecule has 1 aliphatic heterocycles. The minimum Gasteiger partial charge on any atom is -0.314 e. The molecule has 1 unspecified atom stereocenters. The fourth-order valence-corrected chi connectivity index (χ4v) is 3.29. The van der Waals surface area contributed by atoms with Crippen molar-refractivity contribution < 1.29 is 0 Å². The summed E-state index contributed by atoms with van der Waals surface area (Å²) in [6, 6.07) is 5.31. The van der Waals surface area contributed by atoms with Gasteiger partial charge in [-0.05, 0) is 25.0 Å². The van der Waals surface area contributed by atoms with Crippen LogP contribution in [0.15, 0.2) is 12.1 Å². The second-order valence-electron chi connectivity index (χ2n) is 4.46. The Balaban J connectivity index is 1.96. The van der Waals surface area contributed by atoms with Crippen molar-refractivity contribution in [2.75, 3.05) is 19.6 Å². The Morgan fingerprint density at radius 3 is 2.88 bits per heavy atom. The maximum absolute atomic E-state index is 3.48. The lowest BCUT2D eigenvalue weighted by Gasteiger charge is -2.35. The van der Waals surface area contributed by atoms with Gasteiger partial charge in [-0.1, -0.05) is 13.8 Å². The molecule has 90 valence electrons. The van der Waals surface area contributed by atoms with Crippen LogP contribution >= 0.6 is 11.3 Å². The van der Waals surface area contributed by atoms with Gasteiger partial charge in [-0.2, -0.15) is 0 Å². The number of hydrogen-bond donors (Lipinski definition) is 1. The van der Waals surface area contributed by atoms with Crippen LogP contribution in [0.5, 0.6) is 0 Å². The van der Waals surface area contributed by atoms with Crippen molar-refractivity contribution in [2.24, 2.45) is 0 Å². The average molecular weight is 238 g/mol. The molecular formula is C13H22N2S. The number of thiophene rings is 1. The normalized spacial score (nSPS) is 22.5. The lowest BCUT2D eigenvalue weighted by Crippen LogP contribution is -2.50. The van der Waals surface area contributed by atoms with E-state index in [2.05, 4.69) is 36.2 Å². The van der Waals surface area contributed by atoms with Crippen LogP contribution in [-0.4, -0.2) is 30.6 Å². The summed E-state index contributed by atoms with van der Waals surface area (Å²) >= 11 is 1.98. The quantitative estimate of drug-likeness (QED) is 0.867. The van der Waals surface area contributed by atoms with Crippen LogP contribution in [0.4, 0.5) is 0 Å². The first-order chi connectivity index (χ1) is 7.83. The Morgan fingerprint density at radius 1 is 1.38 bits per heavy atom. The predicted octanol–water partition coefficient (Wildman–Crippen LogP) is 2.49. The maximum atomic E-state index is 3.48. The highest BCUT2D eigenvalue weighted by Gasteiger charge is 2.20. The summed E-state index contributed by atoms with van der Waals surface area (Å²) < 4.78 is 0. The summed E-state index contributed by atoms with van der Waals surface area (Å²) in [6.45, 7) is 9.15. The first kappa shape index (κ1) is 12.1. The van der Waals surface area contributed by atoms with Gasteiger partial charge in [0.2, 0.25) is 0 Å². The van der Waals surface area contributed by atoms with Crippen LogP contribution in [0.1, 0.15) is 30.0 Å². The van der Waals surface area contributed by atoms with E-state index in [0.29, 0.717) is 0 Å². The number of nitrogens with one attached hydrogen (secondary N) is 1. The molecule has 2 nitrogen and oxygen atoms in total. The molecule has 0 spiro atoms. The maximum Gasteiger partial charge on any atom is 0.0332 e. The molecule has 1 atom stereocenters. The second-order valence-corrected chi connectivity index (χ2v) is 5.71. The third-order valence-electron chi connectivity index (χ3n) is 3.37. The van der Waals surface area contributed by atoms with E-state index in [0.717, 1.165) is 25.7 Å². The molecule has 0 bridgehead atoms. The molecule has 0 aliphatic carbocycles. The zero-order valence-corrected chi connectivity index (χ0v) is 11.1. The Kier molecular flexibility index (Phi) is 4.38. The second kappa shape index (κ2) is 5.80. The highest BCUT2D eigenvalue weighted by Crippen LogP contribution is 2.20. The number of piperazine rings is 1. The van der Waals surface area contributed by atoms with Crippen molar-refractivity contribution >= 4 is 11.3 Å². The molecule has 1 saturated heterocycles. The van der Waals surface area contributed by atoms with Crippen molar-refractivity contribution in [3.8, 4) is 0 Å². The van der Waals surface area contributed by atoms with Gasteiger partial charge < -0.3 is 5.32 Å². The molecule has 1 aromatic rings. The molecule has 0 amide bonds. The lowest BCUT2D eigenvalue weighted by atomic mass is 10.1. The first-order valence-electron chi connectivity index (χ1n) is 6.35. The molecule has 0 aromatic carbocycles. The van der Waals surface area contributed by atoms with Crippen molar-refractivity contribution in [1.82, 2.24) is 10.2 Å². The Morgan fingerprint density at radius 2 is 2.19 bits per heavy atom. The van der Waals surface area contributed by atoms with Crippen LogP contribution in [-0.2, 0) is 13.0 Å². The minimum atomic E-state index is 0.723. The van der Waals surface area contributed by atoms with Crippen molar-refractivity contribution in [3.05, 3.63) is 21.9 Å². The zero-order valence-electron chi connectivity index (χ0n) is 10.3. The van der Waals surface area contributed by atoms with Gasteiger partial charge in [-0.15, -0.1) is 11.3 Å². The Labute approximate surface area is 103 Å². The summed E-state index contributed by atoms with van der Waals surface area (Å²) in [5.74, 6) is 0. The summed E-state index contributed by atoms with van der Waals surface area (Å²) in [6.07, 6.45) is 2.42. The molecule has 0 saturated carbocycles. The van der Waals surface area contributed by atoms with E-state index in [1.54, 1.807) is 0 Å². The zero-order chi connectivity index (χ0) is 11.4. The number of rotatable bonds is 4. The van der Waals surface area contributed by atoms with Gasteiger partial charge >= 0.3 is 0 Å². The average Bonchev–Trinajstić information content (AvgIpc) is 2.77. The van der Waals surface area contributed by atoms with E-state index in [4.69, 9.17) is 0 Å². The van der Waals surface area contributed by atoms with Crippen LogP contribution < -0.4 is 5.32 Å². The lowest BCUT2D eigenvalue weighted by molar-refractivity contribution is 0.150. The van der Waals surface area contributed by atoms with E-state index in [1.165, 1.54) is 29.1 Å². The first-order valence-corrected chi connectivity index (χ1v) is 7.17. The molecule has 1 aromatic heterocycles. The third kappa shape index (κ3) is 2.84. The number of nitrogens with zero attached hydrogens (tertiary/aromatic N) is 1. The highest BCUT2D eigenvalue weighted by molar-refractivity contribution is 7.11. The summed E-state index contributed by atoms with van der Waals surface area (Å²) in [5, 5.41) is 3.48. The van der Waals surface area contributed by atoms with Gasteiger partial charge in [0.05, 0.1) is 0 Å². The molecule has 3 heteroatoms. The minimum absolute atomic E-state index is 0.723. The third-order valence-corrected chi connectivity index (χ3v) is 4.58. The standard InChI is InChI=1S/C13H22N2S/c1-3-11-9-14-7-8-15(11)10-13-6-5-12(4-2)16-13/h5-6,11,14H,3-4,7-10H2,1-2H3. The summed E-state index contributed by atoms with van der Waals surface area (Å²) in [4.78, 5) is 5.66. The van der Waals surface area contributed by atoms with Gasteiger partial charge in [0.1, 0.15) is 0 Å². The number of aryl methyl sites for hydroxylation is 1. The summed E-state index contributed by atoms with van der Waals surface area (Å²) in [5.41, 5.74) is 0. The molecule has 1 fully saturated rings. The van der Waals surface area contributed by atoms with Crippen LogP contribution in [0.2, 0.25) is 0 Å². The van der Waals surface area contributed by atoms with Crippen molar-refractivity contribution in [2.45, 2.75) is 39.3 Å². The van der Waals surface area contributed by atoms with Gasteiger partial charge in [-0.25, -0.2) is 0 Å². The van der Waals surface area contributed by atoms with Gasteiger partial charge in [0.15, 0.2) is 0 Å². The van der Waals surface area contributed by atoms with Crippen LogP contribution in [0.3, 0.4) is 0 Å². The van der Waals surface area contributed by atoms with E-state index < -0.39 is 0 Å². The van der Waals surface area contributed by atoms with Gasteiger partial charge in [0.25, 0.3) is 0 Å². The molecular weight excluding hydrogens is 216 g/mol. The molecule has 16 heavy (non-hydrogen) atoms.